The van der Waals surface area contributed by atoms with Crippen molar-refractivity contribution in [3.8, 4) is 0 Å². The summed E-state index contributed by atoms with van der Waals surface area (Å²) in [5.41, 5.74) is -1.42. The number of carbonyl (C=O) groups excluding carboxylic acids is 2. The van der Waals surface area contributed by atoms with Gasteiger partial charge < -0.3 is 9.47 Å². The largest absolute Gasteiger partial charge is 0.468 e. The first-order valence-electron chi connectivity index (χ1n) is 9.35. The summed E-state index contributed by atoms with van der Waals surface area (Å²) in [6.07, 6.45) is 10.8. The SMILES string of the molecule is COC(=O)[C@]12CCCCCCCCC[C@@H](C1=O)[C@]1(C)CC[C@H]2O1. The van der Waals surface area contributed by atoms with Crippen LogP contribution in [0.25, 0.3) is 0 Å². The van der Waals surface area contributed by atoms with E-state index >= 15 is 0 Å². The highest BCUT2D eigenvalue weighted by Crippen LogP contribution is 2.54. The predicted molar refractivity (Wildman–Crippen MR) is 87.0 cm³/mol. The number of Topliss-reactive ketones (excluding diaryl/α,β-unsaturated/α-hetero) is 1. The van der Waals surface area contributed by atoms with E-state index in [1.807, 2.05) is 0 Å². The molecule has 3 rings (SSSR count). The van der Waals surface area contributed by atoms with E-state index in [4.69, 9.17) is 9.47 Å². The molecule has 0 amide bonds. The van der Waals surface area contributed by atoms with Crippen LogP contribution in [-0.4, -0.2) is 30.6 Å². The maximum Gasteiger partial charge on any atom is 0.322 e. The molecular weight excluding hydrogens is 292 g/mol. The van der Waals surface area contributed by atoms with Gasteiger partial charge in [-0.05, 0) is 32.6 Å². The molecular formula is C19H30O4. The number of ketones is 1. The zero-order chi connectivity index (χ0) is 16.5. The minimum atomic E-state index is -1.05. The first-order chi connectivity index (χ1) is 11.0. The lowest BCUT2D eigenvalue weighted by atomic mass is 9.65. The smallest absolute Gasteiger partial charge is 0.322 e. The molecule has 4 bridgehead atoms. The number of esters is 1. The molecule has 2 heterocycles. The van der Waals surface area contributed by atoms with Gasteiger partial charge in [0.05, 0.1) is 18.8 Å². The molecule has 0 aromatic carbocycles. The first-order valence-corrected chi connectivity index (χ1v) is 9.35. The average Bonchev–Trinajstić information content (AvgIpc) is 2.90. The van der Waals surface area contributed by atoms with Crippen LogP contribution in [-0.2, 0) is 19.1 Å². The number of hydrogen-bond donors (Lipinski definition) is 0. The standard InChI is InChI=1S/C19H30O4/c1-18-13-11-15(23-18)19(17(21)22-2)12-9-7-5-3-4-6-8-10-14(18)16(19)20/h14-15H,3-13H2,1-2H3/t14-,15+,18-,19-/m0/s1. The van der Waals surface area contributed by atoms with Gasteiger partial charge >= 0.3 is 5.97 Å². The minimum Gasteiger partial charge on any atom is -0.468 e. The number of rotatable bonds is 1. The highest BCUT2D eigenvalue weighted by Gasteiger charge is 2.66. The molecule has 2 saturated heterocycles. The van der Waals surface area contributed by atoms with Gasteiger partial charge in [-0.1, -0.05) is 44.9 Å². The summed E-state index contributed by atoms with van der Waals surface area (Å²) in [4.78, 5) is 26.1. The topological polar surface area (TPSA) is 52.6 Å². The number of methoxy groups -OCH3 is 1. The third-order valence-corrected chi connectivity index (χ3v) is 6.47. The molecule has 2 aliphatic heterocycles. The van der Waals surface area contributed by atoms with Gasteiger partial charge in [-0.3, -0.25) is 9.59 Å². The van der Waals surface area contributed by atoms with E-state index in [1.54, 1.807) is 0 Å². The maximum atomic E-state index is 13.5. The van der Waals surface area contributed by atoms with Crippen LogP contribution in [0.15, 0.2) is 0 Å². The van der Waals surface area contributed by atoms with Crippen LogP contribution in [0.4, 0.5) is 0 Å². The Balaban J connectivity index is 1.97. The molecule has 1 saturated carbocycles. The fraction of sp³-hybridized carbons (Fsp3) is 0.895. The second-order valence-corrected chi connectivity index (χ2v) is 7.85. The van der Waals surface area contributed by atoms with Gasteiger partial charge in [0.1, 0.15) is 0 Å². The van der Waals surface area contributed by atoms with E-state index in [0.29, 0.717) is 6.42 Å². The normalized spacial score (nSPS) is 41.7. The number of hydrogen-bond acceptors (Lipinski definition) is 4. The lowest BCUT2D eigenvalue weighted by Gasteiger charge is -2.46. The van der Waals surface area contributed by atoms with E-state index in [-0.39, 0.29) is 29.4 Å². The Morgan fingerprint density at radius 3 is 2.39 bits per heavy atom. The lowest BCUT2D eigenvalue weighted by molar-refractivity contribution is -0.197. The second-order valence-electron chi connectivity index (χ2n) is 7.85. The Kier molecular flexibility index (Phi) is 4.82. The Bertz CT molecular complexity index is 474. The molecule has 23 heavy (non-hydrogen) atoms. The van der Waals surface area contributed by atoms with Gasteiger partial charge in [0.25, 0.3) is 0 Å². The van der Waals surface area contributed by atoms with Crippen LogP contribution < -0.4 is 0 Å². The summed E-state index contributed by atoms with van der Waals surface area (Å²) in [6.45, 7) is 2.07. The van der Waals surface area contributed by atoms with Gasteiger partial charge in [-0.15, -0.1) is 0 Å². The Morgan fingerprint density at radius 1 is 1.04 bits per heavy atom. The molecule has 4 atom stereocenters. The van der Waals surface area contributed by atoms with Crippen LogP contribution in [0.2, 0.25) is 0 Å². The van der Waals surface area contributed by atoms with Gasteiger partial charge in [0.15, 0.2) is 11.2 Å². The molecule has 130 valence electrons. The number of carbonyl (C=O) groups is 2. The zero-order valence-corrected chi connectivity index (χ0v) is 14.6. The molecule has 3 fully saturated rings. The third-order valence-electron chi connectivity index (χ3n) is 6.47. The van der Waals surface area contributed by atoms with Gasteiger partial charge in [-0.25, -0.2) is 0 Å². The lowest BCUT2D eigenvalue weighted by Crippen LogP contribution is -2.60. The molecule has 0 N–H and O–H groups in total. The van der Waals surface area contributed by atoms with E-state index in [1.165, 1.54) is 32.8 Å². The average molecular weight is 322 g/mol. The maximum absolute atomic E-state index is 13.5. The highest BCUT2D eigenvalue weighted by atomic mass is 16.5. The summed E-state index contributed by atoms with van der Waals surface area (Å²) in [7, 11) is 1.40. The number of ether oxygens (including phenoxy) is 2. The second kappa shape index (κ2) is 6.54. The van der Waals surface area contributed by atoms with Crippen molar-refractivity contribution >= 4 is 11.8 Å². The molecule has 0 spiro atoms. The van der Waals surface area contributed by atoms with Crippen LogP contribution in [0.3, 0.4) is 0 Å². The van der Waals surface area contributed by atoms with E-state index in [0.717, 1.165) is 38.5 Å². The summed E-state index contributed by atoms with van der Waals surface area (Å²) < 4.78 is 11.4. The number of fused-ring (bicyclic) bond motifs is 6. The van der Waals surface area contributed by atoms with Gasteiger partial charge in [0, 0.05) is 5.92 Å². The Hall–Kier alpha value is -0.900. The van der Waals surface area contributed by atoms with Crippen molar-refractivity contribution in [3.05, 3.63) is 0 Å². The molecule has 4 heteroatoms. The fourth-order valence-electron chi connectivity index (χ4n) is 5.08. The summed E-state index contributed by atoms with van der Waals surface area (Å²) in [6, 6.07) is 0. The summed E-state index contributed by atoms with van der Waals surface area (Å²) >= 11 is 0. The molecule has 0 aromatic rings. The quantitative estimate of drug-likeness (QED) is 0.544. The van der Waals surface area contributed by atoms with Crippen molar-refractivity contribution in [1.29, 1.82) is 0 Å². The Morgan fingerprint density at radius 2 is 1.70 bits per heavy atom. The van der Waals surface area contributed by atoms with Crippen molar-refractivity contribution in [2.75, 3.05) is 7.11 Å². The van der Waals surface area contributed by atoms with Crippen LogP contribution in [0.5, 0.6) is 0 Å². The summed E-state index contributed by atoms with van der Waals surface area (Å²) in [5.74, 6) is -0.403. The first kappa shape index (κ1) is 16.9. The van der Waals surface area contributed by atoms with E-state index in [2.05, 4.69) is 6.92 Å². The Labute approximate surface area is 139 Å². The molecule has 4 nitrogen and oxygen atoms in total. The molecule has 0 unspecified atom stereocenters. The molecule has 0 radical (unpaired) electrons. The monoisotopic (exact) mass is 322 g/mol. The molecule has 0 aromatic heterocycles. The van der Waals surface area contributed by atoms with Crippen LogP contribution in [0, 0.1) is 11.3 Å². The van der Waals surface area contributed by atoms with Crippen molar-refractivity contribution in [2.24, 2.45) is 11.3 Å². The van der Waals surface area contributed by atoms with Gasteiger partial charge in [0.2, 0.25) is 0 Å². The molecule has 1 aliphatic carbocycles. The van der Waals surface area contributed by atoms with Crippen molar-refractivity contribution in [1.82, 2.24) is 0 Å². The van der Waals surface area contributed by atoms with Crippen molar-refractivity contribution < 1.29 is 19.1 Å². The minimum absolute atomic E-state index is 0.112. The summed E-state index contributed by atoms with van der Waals surface area (Å²) in [5, 5.41) is 0. The van der Waals surface area contributed by atoms with Crippen LogP contribution >= 0.6 is 0 Å². The molecule has 3 aliphatic rings. The van der Waals surface area contributed by atoms with E-state index < -0.39 is 5.41 Å². The zero-order valence-electron chi connectivity index (χ0n) is 14.6. The van der Waals surface area contributed by atoms with E-state index in [9.17, 15) is 9.59 Å². The van der Waals surface area contributed by atoms with Crippen LogP contribution in [0.1, 0.15) is 77.6 Å². The van der Waals surface area contributed by atoms with Gasteiger partial charge in [-0.2, -0.15) is 0 Å². The van der Waals surface area contributed by atoms with Crippen molar-refractivity contribution in [3.63, 3.8) is 0 Å². The highest BCUT2D eigenvalue weighted by molar-refractivity contribution is 6.06. The predicted octanol–water partition coefficient (Wildman–Crippen LogP) is 3.81. The fourth-order valence-corrected chi connectivity index (χ4v) is 5.08. The van der Waals surface area contributed by atoms with Crippen molar-refractivity contribution in [2.45, 2.75) is 89.3 Å². The third kappa shape index (κ3) is 2.73.